The molecule has 4 heteroatoms. The van der Waals surface area contributed by atoms with Gasteiger partial charge in [-0.1, -0.05) is 18.2 Å². The summed E-state index contributed by atoms with van der Waals surface area (Å²) >= 11 is 0. The second-order valence-electron chi connectivity index (χ2n) is 6.37. The van der Waals surface area contributed by atoms with E-state index in [0.717, 1.165) is 36.2 Å². The Morgan fingerprint density at radius 2 is 1.80 bits per heavy atom. The highest BCUT2D eigenvalue weighted by molar-refractivity contribution is 5.63. The first-order chi connectivity index (χ1) is 12.1. The van der Waals surface area contributed by atoms with E-state index in [1.54, 1.807) is 0 Å². The largest absolute Gasteiger partial charge is 0.384 e. The normalized spacial score (nSPS) is 10.8. The van der Waals surface area contributed by atoms with Gasteiger partial charge in [0.25, 0.3) is 0 Å². The zero-order chi connectivity index (χ0) is 17.6. The first kappa shape index (κ1) is 17.1. The molecule has 0 saturated carbocycles. The molecule has 0 fully saturated rings. The summed E-state index contributed by atoms with van der Waals surface area (Å²) in [6, 6.07) is 14.8. The predicted octanol–water partition coefficient (Wildman–Crippen LogP) is 3.54. The molecule has 0 aliphatic heterocycles. The van der Waals surface area contributed by atoms with E-state index in [-0.39, 0.29) is 0 Å². The van der Waals surface area contributed by atoms with Gasteiger partial charge in [-0.2, -0.15) is 0 Å². The van der Waals surface area contributed by atoms with Gasteiger partial charge in [0.1, 0.15) is 5.82 Å². The molecule has 0 amide bonds. The zero-order valence-electron chi connectivity index (χ0n) is 14.8. The van der Waals surface area contributed by atoms with Crippen molar-refractivity contribution in [1.82, 2.24) is 15.3 Å². The quantitative estimate of drug-likeness (QED) is 0.725. The average molecular weight is 332 g/mol. The lowest BCUT2D eigenvalue weighted by atomic mass is 10.0. The Morgan fingerprint density at radius 3 is 2.60 bits per heavy atom. The standard InChI is InChI=1S/C21H24N4/c1-15-8-20(25-21(22)9-15)7-6-17-11-19(14-24-13-17)18-5-3-4-16(10-18)12-23-2/h3-5,8-11,13-14,23H,6-7,12H2,1-2H3,(H2,22,25). The summed E-state index contributed by atoms with van der Waals surface area (Å²) in [6.45, 7) is 2.91. The lowest BCUT2D eigenvalue weighted by molar-refractivity contribution is 0.818. The molecule has 2 heterocycles. The van der Waals surface area contributed by atoms with Crippen molar-refractivity contribution < 1.29 is 0 Å². The van der Waals surface area contributed by atoms with Crippen molar-refractivity contribution in [3.63, 3.8) is 0 Å². The molecule has 0 radical (unpaired) electrons. The second kappa shape index (κ2) is 7.90. The van der Waals surface area contributed by atoms with E-state index in [2.05, 4.69) is 51.7 Å². The van der Waals surface area contributed by atoms with Crippen molar-refractivity contribution in [2.45, 2.75) is 26.3 Å². The first-order valence-corrected chi connectivity index (χ1v) is 8.55. The lowest BCUT2D eigenvalue weighted by Gasteiger charge is -2.08. The van der Waals surface area contributed by atoms with Crippen molar-refractivity contribution in [2.75, 3.05) is 12.8 Å². The van der Waals surface area contributed by atoms with Crippen LogP contribution in [-0.2, 0) is 19.4 Å². The number of nitrogens with two attached hydrogens (primary N) is 1. The minimum Gasteiger partial charge on any atom is -0.384 e. The summed E-state index contributed by atoms with van der Waals surface area (Å²) in [5.74, 6) is 0.586. The molecule has 0 spiro atoms. The van der Waals surface area contributed by atoms with Crippen LogP contribution in [0.5, 0.6) is 0 Å². The van der Waals surface area contributed by atoms with Gasteiger partial charge in [0.15, 0.2) is 0 Å². The van der Waals surface area contributed by atoms with Crippen molar-refractivity contribution in [3.05, 3.63) is 77.2 Å². The van der Waals surface area contributed by atoms with Crippen molar-refractivity contribution in [2.24, 2.45) is 0 Å². The van der Waals surface area contributed by atoms with Gasteiger partial charge >= 0.3 is 0 Å². The number of benzene rings is 1. The molecule has 3 rings (SSSR count). The van der Waals surface area contributed by atoms with Crippen LogP contribution in [0.15, 0.2) is 54.9 Å². The molecular weight excluding hydrogens is 308 g/mol. The summed E-state index contributed by atoms with van der Waals surface area (Å²) in [5.41, 5.74) is 12.8. The average Bonchev–Trinajstić information content (AvgIpc) is 2.60. The molecule has 0 atom stereocenters. The van der Waals surface area contributed by atoms with Gasteiger partial charge in [0.2, 0.25) is 0 Å². The van der Waals surface area contributed by atoms with Crippen LogP contribution in [0.1, 0.15) is 22.4 Å². The van der Waals surface area contributed by atoms with Crippen molar-refractivity contribution in [1.29, 1.82) is 0 Å². The fourth-order valence-electron chi connectivity index (χ4n) is 3.02. The van der Waals surface area contributed by atoms with Crippen LogP contribution >= 0.6 is 0 Å². The highest BCUT2D eigenvalue weighted by Crippen LogP contribution is 2.21. The number of anilines is 1. The molecule has 0 aliphatic rings. The maximum absolute atomic E-state index is 5.84. The monoisotopic (exact) mass is 332 g/mol. The van der Waals surface area contributed by atoms with E-state index < -0.39 is 0 Å². The van der Waals surface area contributed by atoms with E-state index in [1.807, 2.05) is 32.4 Å². The van der Waals surface area contributed by atoms with E-state index in [4.69, 9.17) is 5.73 Å². The fourth-order valence-corrected chi connectivity index (χ4v) is 3.02. The summed E-state index contributed by atoms with van der Waals surface area (Å²) in [4.78, 5) is 8.84. The van der Waals surface area contributed by atoms with Gasteiger partial charge in [-0.05, 0) is 73.3 Å². The molecule has 3 N–H and O–H groups in total. The minimum absolute atomic E-state index is 0.586. The van der Waals surface area contributed by atoms with Crippen LogP contribution in [-0.4, -0.2) is 17.0 Å². The summed E-state index contributed by atoms with van der Waals surface area (Å²) in [5, 5.41) is 3.19. The third kappa shape index (κ3) is 4.64. The number of nitrogens with one attached hydrogen (secondary N) is 1. The van der Waals surface area contributed by atoms with Gasteiger partial charge in [-0.15, -0.1) is 0 Å². The van der Waals surface area contributed by atoms with Crippen LogP contribution in [0.4, 0.5) is 5.82 Å². The molecule has 0 saturated heterocycles. The molecule has 0 unspecified atom stereocenters. The van der Waals surface area contributed by atoms with Gasteiger partial charge < -0.3 is 11.1 Å². The minimum atomic E-state index is 0.586. The lowest BCUT2D eigenvalue weighted by Crippen LogP contribution is -2.04. The van der Waals surface area contributed by atoms with E-state index in [1.165, 1.54) is 16.7 Å². The van der Waals surface area contributed by atoms with Crippen molar-refractivity contribution >= 4 is 5.82 Å². The van der Waals surface area contributed by atoms with Gasteiger partial charge in [-0.3, -0.25) is 4.98 Å². The number of hydrogen-bond donors (Lipinski definition) is 2. The highest BCUT2D eigenvalue weighted by Gasteiger charge is 2.04. The third-order valence-electron chi connectivity index (χ3n) is 4.15. The number of aryl methyl sites for hydroxylation is 3. The highest BCUT2D eigenvalue weighted by atomic mass is 14.8. The van der Waals surface area contributed by atoms with Crippen LogP contribution < -0.4 is 11.1 Å². The predicted molar refractivity (Wildman–Crippen MR) is 103 cm³/mol. The Hall–Kier alpha value is -2.72. The van der Waals surface area contributed by atoms with Crippen LogP contribution in [0.3, 0.4) is 0 Å². The Morgan fingerprint density at radius 1 is 0.960 bits per heavy atom. The third-order valence-corrected chi connectivity index (χ3v) is 4.15. The number of nitrogens with zero attached hydrogens (tertiary/aromatic N) is 2. The Bertz CT molecular complexity index is 838. The summed E-state index contributed by atoms with van der Waals surface area (Å²) in [7, 11) is 1.96. The molecule has 0 bridgehead atoms. The van der Waals surface area contributed by atoms with E-state index >= 15 is 0 Å². The van der Waals surface area contributed by atoms with Crippen LogP contribution in [0, 0.1) is 6.92 Å². The molecule has 0 aliphatic carbocycles. The first-order valence-electron chi connectivity index (χ1n) is 8.55. The number of rotatable bonds is 6. The van der Waals surface area contributed by atoms with E-state index in [9.17, 15) is 0 Å². The Kier molecular flexibility index (Phi) is 5.41. The van der Waals surface area contributed by atoms with Crippen LogP contribution in [0.25, 0.3) is 11.1 Å². The smallest absolute Gasteiger partial charge is 0.123 e. The topological polar surface area (TPSA) is 63.8 Å². The zero-order valence-corrected chi connectivity index (χ0v) is 14.8. The summed E-state index contributed by atoms with van der Waals surface area (Å²) in [6.07, 6.45) is 5.61. The molecule has 3 aromatic rings. The number of aromatic nitrogens is 2. The fraction of sp³-hybridized carbons (Fsp3) is 0.238. The Balaban J connectivity index is 1.76. The number of pyridine rings is 2. The van der Waals surface area contributed by atoms with Crippen LogP contribution in [0.2, 0.25) is 0 Å². The second-order valence-corrected chi connectivity index (χ2v) is 6.37. The maximum atomic E-state index is 5.84. The van der Waals surface area contributed by atoms with Gasteiger partial charge in [0.05, 0.1) is 0 Å². The molecule has 4 nitrogen and oxygen atoms in total. The Labute approximate surface area is 149 Å². The maximum Gasteiger partial charge on any atom is 0.123 e. The van der Waals surface area contributed by atoms with Gasteiger partial charge in [-0.25, -0.2) is 4.98 Å². The van der Waals surface area contributed by atoms with Crippen molar-refractivity contribution in [3.8, 4) is 11.1 Å². The summed E-state index contributed by atoms with van der Waals surface area (Å²) < 4.78 is 0. The molecule has 128 valence electrons. The number of hydrogen-bond acceptors (Lipinski definition) is 4. The molecular formula is C21H24N4. The molecule has 1 aromatic carbocycles. The van der Waals surface area contributed by atoms with E-state index in [0.29, 0.717) is 5.82 Å². The van der Waals surface area contributed by atoms with Gasteiger partial charge in [0, 0.05) is 30.2 Å². The SMILES string of the molecule is CNCc1cccc(-c2cncc(CCc3cc(C)cc(N)n3)c2)c1. The molecule has 25 heavy (non-hydrogen) atoms. The molecule has 2 aromatic heterocycles. The number of nitrogen functional groups attached to an aromatic ring is 1.